The lowest BCUT2D eigenvalue weighted by Crippen LogP contribution is -2.38. The fraction of sp³-hybridized carbons (Fsp3) is 0.0400. The van der Waals surface area contributed by atoms with Crippen LogP contribution in [0.5, 0.6) is 0 Å². The van der Waals surface area contributed by atoms with Crippen LogP contribution in [-0.2, 0) is 6.54 Å². The Morgan fingerprint density at radius 1 is 0.704 bits per heavy atom. The van der Waals surface area contributed by atoms with Crippen LogP contribution in [0.2, 0.25) is 0 Å². The van der Waals surface area contributed by atoms with E-state index in [0.717, 1.165) is 17.1 Å². The molecule has 2 nitrogen and oxygen atoms in total. The van der Waals surface area contributed by atoms with Crippen molar-refractivity contribution in [3.05, 3.63) is 110 Å². The molecule has 4 rings (SSSR count). The van der Waals surface area contributed by atoms with Gasteiger partial charge in [-0.25, -0.2) is 4.98 Å². The van der Waals surface area contributed by atoms with E-state index >= 15 is 0 Å². The summed E-state index contributed by atoms with van der Waals surface area (Å²) < 4.78 is 2.27. The molecule has 0 bridgehead atoms. The van der Waals surface area contributed by atoms with Crippen molar-refractivity contribution >= 4 is 0 Å². The Bertz CT molecular complexity index is 979. The Morgan fingerprint density at radius 2 is 1.33 bits per heavy atom. The highest BCUT2D eigenvalue weighted by Gasteiger charge is 2.22. The van der Waals surface area contributed by atoms with E-state index in [0.29, 0.717) is 6.54 Å². The van der Waals surface area contributed by atoms with Crippen LogP contribution >= 0.6 is 0 Å². The van der Waals surface area contributed by atoms with Crippen molar-refractivity contribution in [3.63, 3.8) is 0 Å². The maximum absolute atomic E-state index is 4.61. The molecule has 0 aliphatic heterocycles. The smallest absolute Gasteiger partial charge is 0.232 e. The summed E-state index contributed by atoms with van der Waals surface area (Å²) >= 11 is 0. The molecule has 0 aliphatic carbocycles. The van der Waals surface area contributed by atoms with Crippen LogP contribution in [-0.4, -0.2) is 4.98 Å². The third kappa shape index (κ3) is 3.56. The first-order valence-electron chi connectivity index (χ1n) is 9.08. The Balaban J connectivity index is 2.03. The van der Waals surface area contributed by atoms with Crippen LogP contribution in [0.25, 0.3) is 33.8 Å². The molecule has 130 valence electrons. The number of nitrogens with zero attached hydrogens (tertiary/aromatic N) is 2. The zero-order valence-electron chi connectivity index (χ0n) is 15.1. The number of allylic oxidation sites excluding steroid dienone is 1. The van der Waals surface area contributed by atoms with Gasteiger partial charge in [-0.15, -0.1) is 0 Å². The van der Waals surface area contributed by atoms with E-state index in [1.807, 2.05) is 36.5 Å². The molecule has 27 heavy (non-hydrogen) atoms. The minimum absolute atomic E-state index is 0.713. The van der Waals surface area contributed by atoms with E-state index in [4.69, 9.17) is 0 Å². The average Bonchev–Trinajstić information content (AvgIpc) is 2.76. The summed E-state index contributed by atoms with van der Waals surface area (Å²) in [6, 6.07) is 31.4. The van der Waals surface area contributed by atoms with Gasteiger partial charge in [0.05, 0.1) is 0 Å². The topological polar surface area (TPSA) is 16.8 Å². The quantitative estimate of drug-likeness (QED) is 0.341. The van der Waals surface area contributed by atoms with Gasteiger partial charge in [0.1, 0.15) is 5.69 Å². The maximum atomic E-state index is 4.61. The van der Waals surface area contributed by atoms with Crippen molar-refractivity contribution < 1.29 is 4.57 Å². The summed E-state index contributed by atoms with van der Waals surface area (Å²) in [6.45, 7) is 4.68. The van der Waals surface area contributed by atoms with Crippen molar-refractivity contribution in [2.24, 2.45) is 0 Å². The van der Waals surface area contributed by atoms with Gasteiger partial charge < -0.3 is 0 Å². The summed E-state index contributed by atoms with van der Waals surface area (Å²) in [4.78, 5) is 4.61. The minimum Gasteiger partial charge on any atom is -0.250 e. The Hall–Kier alpha value is -3.52. The Labute approximate surface area is 160 Å². The summed E-state index contributed by atoms with van der Waals surface area (Å²) in [5, 5.41) is 0. The molecule has 0 spiro atoms. The van der Waals surface area contributed by atoms with Crippen molar-refractivity contribution in [1.82, 2.24) is 4.98 Å². The van der Waals surface area contributed by atoms with Crippen LogP contribution in [0.3, 0.4) is 0 Å². The van der Waals surface area contributed by atoms with Crippen molar-refractivity contribution in [3.8, 4) is 33.8 Å². The predicted molar refractivity (Wildman–Crippen MR) is 111 cm³/mol. The molecule has 0 atom stereocenters. The number of pyridine rings is 2. The lowest BCUT2D eigenvalue weighted by molar-refractivity contribution is -0.665. The molecule has 2 heterocycles. The van der Waals surface area contributed by atoms with Gasteiger partial charge in [-0.1, -0.05) is 61.2 Å². The van der Waals surface area contributed by atoms with Crippen LogP contribution in [0, 0.1) is 0 Å². The first-order chi connectivity index (χ1) is 13.4. The number of benzene rings is 2. The van der Waals surface area contributed by atoms with Gasteiger partial charge in [-0.3, -0.25) is 0 Å². The van der Waals surface area contributed by atoms with E-state index < -0.39 is 0 Å². The molecule has 2 aromatic carbocycles. The molecule has 0 saturated heterocycles. The molecule has 4 aromatic rings. The molecular formula is C25H21N2+. The van der Waals surface area contributed by atoms with Crippen LogP contribution in [0.4, 0.5) is 0 Å². The number of rotatable bonds is 5. The number of aromatic nitrogens is 2. The first kappa shape index (κ1) is 16.9. The fourth-order valence-electron chi connectivity index (χ4n) is 3.32. The Kier molecular flexibility index (Phi) is 4.88. The predicted octanol–water partition coefficient (Wildman–Crippen LogP) is 5.56. The summed E-state index contributed by atoms with van der Waals surface area (Å²) in [5.41, 5.74) is 6.73. The maximum Gasteiger partial charge on any atom is 0.232 e. The lowest BCUT2D eigenvalue weighted by atomic mass is 10.0. The van der Waals surface area contributed by atoms with Crippen LogP contribution < -0.4 is 4.57 Å². The zero-order valence-corrected chi connectivity index (χ0v) is 15.1. The first-order valence-corrected chi connectivity index (χ1v) is 9.08. The molecule has 2 heteroatoms. The average molecular weight is 349 g/mol. The van der Waals surface area contributed by atoms with Crippen molar-refractivity contribution in [1.29, 1.82) is 0 Å². The normalized spacial score (nSPS) is 10.5. The number of hydrogen-bond donors (Lipinski definition) is 0. The van der Waals surface area contributed by atoms with E-state index in [9.17, 15) is 0 Å². The van der Waals surface area contributed by atoms with Gasteiger partial charge in [-0.05, 0) is 41.5 Å². The summed E-state index contributed by atoms with van der Waals surface area (Å²) in [6.07, 6.45) is 3.77. The van der Waals surface area contributed by atoms with Gasteiger partial charge in [0.15, 0.2) is 6.54 Å². The largest absolute Gasteiger partial charge is 0.250 e. The molecule has 0 saturated carbocycles. The SMILES string of the molecule is C=CC[n+]1c(-c2ccccc2)cc(-c2ccccc2)cc1-c1ccccn1. The third-order valence-corrected chi connectivity index (χ3v) is 4.58. The number of hydrogen-bond acceptors (Lipinski definition) is 1. The van der Waals surface area contributed by atoms with Gasteiger partial charge >= 0.3 is 0 Å². The van der Waals surface area contributed by atoms with Crippen LogP contribution in [0.1, 0.15) is 0 Å². The van der Waals surface area contributed by atoms with Gasteiger partial charge in [0.2, 0.25) is 11.4 Å². The second-order valence-electron chi connectivity index (χ2n) is 6.36. The van der Waals surface area contributed by atoms with Gasteiger partial charge in [0.25, 0.3) is 0 Å². The second-order valence-corrected chi connectivity index (χ2v) is 6.36. The molecule has 0 unspecified atom stereocenters. The summed E-state index contributed by atoms with van der Waals surface area (Å²) in [5.74, 6) is 0. The van der Waals surface area contributed by atoms with Gasteiger partial charge in [0, 0.05) is 23.9 Å². The molecule has 0 N–H and O–H groups in total. The van der Waals surface area contributed by atoms with E-state index in [2.05, 4.69) is 82.9 Å². The highest BCUT2D eigenvalue weighted by molar-refractivity contribution is 5.72. The molecule has 0 amide bonds. The van der Waals surface area contributed by atoms with E-state index in [1.165, 1.54) is 16.7 Å². The highest BCUT2D eigenvalue weighted by Crippen LogP contribution is 2.28. The highest BCUT2D eigenvalue weighted by atomic mass is 15.0. The molecule has 2 aromatic heterocycles. The minimum atomic E-state index is 0.713. The van der Waals surface area contributed by atoms with Gasteiger partial charge in [-0.2, -0.15) is 4.57 Å². The molecule has 0 radical (unpaired) electrons. The van der Waals surface area contributed by atoms with Crippen LogP contribution in [0.15, 0.2) is 110 Å². The lowest BCUT2D eigenvalue weighted by Gasteiger charge is -2.11. The van der Waals surface area contributed by atoms with Crippen molar-refractivity contribution in [2.45, 2.75) is 6.54 Å². The second kappa shape index (κ2) is 7.79. The zero-order chi connectivity index (χ0) is 18.5. The molecular weight excluding hydrogens is 328 g/mol. The fourth-order valence-corrected chi connectivity index (χ4v) is 3.32. The Morgan fingerprint density at radius 3 is 1.96 bits per heavy atom. The monoisotopic (exact) mass is 349 g/mol. The third-order valence-electron chi connectivity index (χ3n) is 4.58. The molecule has 0 aliphatic rings. The molecule has 0 fully saturated rings. The standard InChI is InChI=1S/C25H21N2/c1-2-17-27-24(21-13-7-4-8-14-21)18-22(20-11-5-3-6-12-20)19-25(27)23-15-9-10-16-26-23/h2-16,18-19H,1,17H2/q+1. The van der Waals surface area contributed by atoms with E-state index in [-0.39, 0.29) is 0 Å². The van der Waals surface area contributed by atoms with Crippen molar-refractivity contribution in [2.75, 3.05) is 0 Å². The van der Waals surface area contributed by atoms with E-state index in [1.54, 1.807) is 0 Å². The summed E-state index contributed by atoms with van der Waals surface area (Å²) in [7, 11) is 0.